The third-order valence-corrected chi connectivity index (χ3v) is 18.1. The van der Waals surface area contributed by atoms with Crippen molar-refractivity contribution in [1.29, 1.82) is 0 Å². The molecule has 0 heterocycles. The molecule has 0 aliphatic carbocycles. The molecule has 0 spiro atoms. The molecule has 109 heavy (non-hydrogen) atoms. The molecule has 3 rings (SSSR count). The van der Waals surface area contributed by atoms with Crippen molar-refractivity contribution < 1.29 is 113 Å². The zero-order valence-corrected chi connectivity index (χ0v) is 62.6. The van der Waals surface area contributed by atoms with Crippen LogP contribution in [0, 0.1) is 11.8 Å². The molecule has 3 aromatic carbocycles. The van der Waals surface area contributed by atoms with E-state index in [1.165, 1.54) is 68.9 Å². The van der Waals surface area contributed by atoms with E-state index in [9.17, 15) is 113 Å². The Kier molecular flexibility index (Phi) is 40.2. The van der Waals surface area contributed by atoms with Crippen molar-refractivity contribution >= 4 is 101 Å². The Bertz CT molecular complexity index is 3560. The zero-order valence-electron chi connectivity index (χ0n) is 61.8. The second-order valence-corrected chi connectivity index (χ2v) is 27.2. The molecule has 0 radical (unpaired) electrons. The highest BCUT2D eigenvalue weighted by atomic mass is 32.2. The number of carbonyl (C=O) groups excluding carboxylic acids is 12. The number of aromatic hydroxyl groups is 2. The van der Waals surface area contributed by atoms with E-state index in [1.807, 2.05) is 0 Å². The van der Waals surface area contributed by atoms with Crippen LogP contribution in [0.2, 0.25) is 0 Å². The average molecular weight is 1550 g/mol. The number of aliphatic hydroxyl groups excluding tert-OH is 3. The van der Waals surface area contributed by atoms with Gasteiger partial charge in [0.05, 0.1) is 38.3 Å². The fourth-order valence-electron chi connectivity index (χ4n) is 10.5. The average Bonchev–Trinajstić information content (AvgIpc) is 0.847. The number of thioether (sulfide) groups is 1. The predicted octanol–water partition coefficient (Wildman–Crippen LogP) is -4.47. The van der Waals surface area contributed by atoms with Gasteiger partial charge in [0, 0.05) is 31.8 Å². The van der Waals surface area contributed by atoms with Crippen LogP contribution in [0.25, 0.3) is 0 Å². The molecule has 16 atom stereocenters. The quantitative estimate of drug-likeness (QED) is 0.0253. The second-order valence-electron chi connectivity index (χ2n) is 26.2. The summed E-state index contributed by atoms with van der Waals surface area (Å²) in [6, 6.07) is -0.289. The molecule has 0 aromatic heterocycles. The standard InChI is InChI=1S/C71H104N14O23S/c1-9-36(3)57(68(104)75-39(6)61(97)77-48(71(107)108)26-27-109-8)85-67(103)53(35-87)81-63(99)49(30-43-18-22-46(90)23-19-43)78-64(100)51(31-56(94)95)79-66(102)52(34-86)82-69(105)58(37(4)10-2)84-65(101)50(29-41-14-12-11-13-15-41)80-70(106)59(40(7)88)83-54(91)33-74-62(98)47(24-25-55(92)93)76-60(96)38(5)73-32-44(72)28-42-16-20-45(89)21-17-42/h11-23,36-40,44,47-53,57-59,73,86-90H,9-10,24-35,72H2,1-8H3,(H,74,98)(H,75,104)(H,76,96)(H,77,97)(H,78,100)(H,79,102)(H,80,106)(H,81,99)(H,82,105)(H,83,91)(H,84,101)(H,85,103)(H,92,93)(H,94,95)(H,107,108)/t36-,37-,38-,39-,40+,44-,47-,48-,49-,50-,51-,52-,53-,57-,58-,59-/m0/s1. The first kappa shape index (κ1) is 92.7. The fraction of sp³-hybridized carbons (Fsp3) is 0.535. The summed E-state index contributed by atoms with van der Waals surface area (Å²) in [6.07, 6.45) is -2.06. The molecule has 0 aliphatic rings. The highest BCUT2D eigenvalue weighted by Gasteiger charge is 2.39. The minimum atomic E-state index is -2.12. The van der Waals surface area contributed by atoms with E-state index in [0.717, 1.165) is 12.5 Å². The lowest BCUT2D eigenvalue weighted by Gasteiger charge is -2.29. The molecule has 0 bridgehead atoms. The highest BCUT2D eigenvalue weighted by Crippen LogP contribution is 2.17. The number of amides is 12. The van der Waals surface area contributed by atoms with Crippen LogP contribution >= 0.6 is 11.8 Å². The van der Waals surface area contributed by atoms with Crippen molar-refractivity contribution in [3.05, 3.63) is 95.6 Å². The van der Waals surface area contributed by atoms with Gasteiger partial charge >= 0.3 is 17.9 Å². The van der Waals surface area contributed by atoms with Crippen molar-refractivity contribution in [2.75, 3.05) is 38.3 Å². The van der Waals surface area contributed by atoms with Gasteiger partial charge in [-0.3, -0.25) is 67.1 Å². The summed E-state index contributed by atoms with van der Waals surface area (Å²) >= 11 is 1.35. The van der Waals surface area contributed by atoms with E-state index in [1.54, 1.807) is 69.5 Å². The number of phenols is 2. The topological polar surface area (TPSA) is 600 Å². The lowest BCUT2D eigenvalue weighted by molar-refractivity contribution is -0.142. The van der Waals surface area contributed by atoms with Crippen LogP contribution in [-0.2, 0) is 91.2 Å². The number of hydrogen-bond acceptors (Lipinski definition) is 23. The first-order chi connectivity index (χ1) is 51.4. The van der Waals surface area contributed by atoms with Gasteiger partial charge in [-0.15, -0.1) is 0 Å². The molecule has 38 heteroatoms. The van der Waals surface area contributed by atoms with Crippen LogP contribution in [0.4, 0.5) is 0 Å². The number of phenolic OH excluding ortho intramolecular Hbond substituents is 2. The van der Waals surface area contributed by atoms with Crippen molar-refractivity contribution in [3.8, 4) is 11.5 Å². The normalized spacial score (nSPS) is 15.5. The van der Waals surface area contributed by atoms with Gasteiger partial charge in [0.2, 0.25) is 70.9 Å². The number of aliphatic hydroxyl groups is 3. The van der Waals surface area contributed by atoms with E-state index in [0.29, 0.717) is 17.7 Å². The van der Waals surface area contributed by atoms with E-state index in [2.05, 4.69) is 69.1 Å². The van der Waals surface area contributed by atoms with Gasteiger partial charge in [0.25, 0.3) is 0 Å². The molecule has 0 aliphatic heterocycles. The second kappa shape index (κ2) is 47.3. The molecule has 0 saturated heterocycles. The number of rotatable bonds is 49. The van der Waals surface area contributed by atoms with Crippen molar-refractivity contribution in [2.45, 2.75) is 191 Å². The monoisotopic (exact) mass is 1550 g/mol. The maximum Gasteiger partial charge on any atom is 0.326 e. The summed E-state index contributed by atoms with van der Waals surface area (Å²) in [6.45, 7) is 7.15. The number of carboxylic acid groups (broad SMARTS) is 3. The minimum Gasteiger partial charge on any atom is -0.508 e. The molecule has 3 aromatic rings. The van der Waals surface area contributed by atoms with Gasteiger partial charge in [0.15, 0.2) is 0 Å². The van der Waals surface area contributed by atoms with Crippen LogP contribution < -0.4 is 74.9 Å². The molecule has 0 saturated carbocycles. The van der Waals surface area contributed by atoms with Crippen LogP contribution in [0.5, 0.6) is 11.5 Å². The maximum absolute atomic E-state index is 14.5. The number of benzene rings is 3. The molecule has 0 fully saturated rings. The van der Waals surface area contributed by atoms with E-state index < -0.39 is 231 Å². The summed E-state index contributed by atoms with van der Waals surface area (Å²) in [4.78, 5) is 202. The van der Waals surface area contributed by atoms with Crippen molar-refractivity contribution in [1.82, 2.24) is 69.1 Å². The SMILES string of the molecule is CC[C@H](C)[C@H](NC(=O)[C@H](CO)NC(=O)[C@H](Cc1ccc(O)cc1)NC(=O)[C@H](CC(=O)O)NC(=O)[C@H](CO)NC(=O)[C@@H](NC(=O)[C@H](Cc1ccccc1)NC(=O)[C@@H](NC(=O)CNC(=O)[C@H](CCC(=O)O)NC(=O)[C@H](C)NC[C@@H](N)Cc1ccc(O)cc1)[C@@H](C)O)[C@@H](C)CC)C(=O)N[C@@H](C)C(=O)N[C@@H](CCSC)C(=O)O. The van der Waals surface area contributed by atoms with Crippen LogP contribution in [0.15, 0.2) is 78.9 Å². The van der Waals surface area contributed by atoms with Crippen LogP contribution in [-0.4, -0.2) is 253 Å². The molecular weight excluding hydrogens is 1450 g/mol. The van der Waals surface area contributed by atoms with Crippen molar-refractivity contribution in [2.24, 2.45) is 17.6 Å². The highest BCUT2D eigenvalue weighted by molar-refractivity contribution is 7.98. The van der Waals surface area contributed by atoms with Crippen LogP contribution in [0.1, 0.15) is 104 Å². The van der Waals surface area contributed by atoms with Gasteiger partial charge in [0.1, 0.15) is 78.0 Å². The lowest BCUT2D eigenvalue weighted by atomic mass is 9.96. The Morgan fingerprint density at radius 1 is 0.431 bits per heavy atom. The number of carboxylic acids is 3. The molecule has 12 amide bonds. The number of hydrogen-bond donors (Lipinski definition) is 22. The minimum absolute atomic E-state index is 0.0658. The summed E-state index contributed by atoms with van der Waals surface area (Å²) in [7, 11) is 0. The number of carbonyl (C=O) groups is 15. The van der Waals surface area contributed by atoms with Crippen LogP contribution in [0.3, 0.4) is 0 Å². The predicted molar refractivity (Wildman–Crippen MR) is 394 cm³/mol. The number of aliphatic carboxylic acids is 3. The van der Waals surface area contributed by atoms with Gasteiger partial charge < -0.3 is 116 Å². The fourth-order valence-corrected chi connectivity index (χ4v) is 11.0. The Morgan fingerprint density at radius 3 is 1.33 bits per heavy atom. The smallest absolute Gasteiger partial charge is 0.326 e. The summed E-state index contributed by atoms with van der Waals surface area (Å²) < 4.78 is 0. The molecule has 23 N–H and O–H groups in total. The molecule has 0 unspecified atom stereocenters. The maximum atomic E-state index is 14.5. The van der Waals surface area contributed by atoms with E-state index in [-0.39, 0.29) is 49.3 Å². The van der Waals surface area contributed by atoms with Gasteiger partial charge in [-0.1, -0.05) is 95.1 Å². The third kappa shape index (κ3) is 32.8. The first-order valence-electron chi connectivity index (χ1n) is 35.2. The van der Waals surface area contributed by atoms with E-state index in [4.69, 9.17) is 5.73 Å². The van der Waals surface area contributed by atoms with Gasteiger partial charge in [-0.25, -0.2) is 4.79 Å². The Balaban J connectivity index is 1.83. The zero-order chi connectivity index (χ0) is 81.8. The molecular formula is C71H104N14O23S. The Morgan fingerprint density at radius 2 is 0.844 bits per heavy atom. The summed E-state index contributed by atoms with van der Waals surface area (Å²) in [5.74, 6) is -18.5. The van der Waals surface area contributed by atoms with E-state index >= 15 is 0 Å². The number of nitrogens with one attached hydrogen (secondary N) is 13. The van der Waals surface area contributed by atoms with Crippen molar-refractivity contribution in [3.63, 3.8) is 0 Å². The number of nitrogens with two attached hydrogens (primary N) is 1. The van der Waals surface area contributed by atoms with Gasteiger partial charge in [-0.2, -0.15) is 11.8 Å². The summed E-state index contributed by atoms with van der Waals surface area (Å²) in [5, 5.41) is 112. The first-order valence-corrected chi connectivity index (χ1v) is 36.6. The van der Waals surface area contributed by atoms with Gasteiger partial charge in [-0.05, 0) is 105 Å². The Hall–Kier alpha value is -10.5. The summed E-state index contributed by atoms with van der Waals surface area (Å²) in [5.41, 5.74) is 7.73. The third-order valence-electron chi connectivity index (χ3n) is 17.4. The largest absolute Gasteiger partial charge is 0.508 e. The lowest BCUT2D eigenvalue weighted by Crippen LogP contribution is -2.62. The molecule has 37 nitrogen and oxygen atoms in total. The molecule has 602 valence electrons. The Labute approximate surface area is 633 Å².